The van der Waals surface area contributed by atoms with Gasteiger partial charge >= 0.3 is 0 Å². The largest absolute Gasteiger partial charge is 0.487 e. The summed E-state index contributed by atoms with van der Waals surface area (Å²) in [5.41, 5.74) is 3.30. The zero-order chi connectivity index (χ0) is 16.7. The number of ether oxygens (including phenoxy) is 1. The highest BCUT2D eigenvalue weighted by molar-refractivity contribution is 7.07. The molecular weight excluding hydrogens is 308 g/mol. The number of hydrogen-bond acceptors (Lipinski definition) is 4. The van der Waals surface area contributed by atoms with Crippen molar-refractivity contribution in [3.05, 3.63) is 46.4 Å². The van der Waals surface area contributed by atoms with Crippen LogP contribution >= 0.6 is 11.3 Å². The Hall–Kier alpha value is -1.88. The highest BCUT2D eigenvalue weighted by Crippen LogP contribution is 2.16. The summed E-state index contributed by atoms with van der Waals surface area (Å²) in [4.78, 5) is 16.5. The topological polar surface area (TPSA) is 51.2 Å². The van der Waals surface area contributed by atoms with Crippen LogP contribution in [0.2, 0.25) is 0 Å². The second-order valence-corrected chi connectivity index (χ2v) is 6.86. The molecule has 1 aromatic carbocycles. The van der Waals surface area contributed by atoms with Crippen molar-refractivity contribution in [2.45, 2.75) is 46.3 Å². The van der Waals surface area contributed by atoms with Crippen LogP contribution in [0, 0.1) is 5.92 Å². The number of nitrogens with zero attached hydrogens (tertiary/aromatic N) is 1. The fraction of sp³-hybridized carbons (Fsp3) is 0.444. The summed E-state index contributed by atoms with van der Waals surface area (Å²) in [5, 5.41) is 4.99. The minimum absolute atomic E-state index is 0.0552. The lowest BCUT2D eigenvalue weighted by Gasteiger charge is -2.15. The van der Waals surface area contributed by atoms with Crippen LogP contribution in [0.15, 0.2) is 35.2 Å². The van der Waals surface area contributed by atoms with Crippen molar-refractivity contribution >= 4 is 17.2 Å². The number of carbonyl (C=O) groups is 1. The molecule has 0 aliphatic carbocycles. The molecule has 2 aromatic rings. The quantitative estimate of drug-likeness (QED) is 0.785. The van der Waals surface area contributed by atoms with E-state index in [1.807, 2.05) is 24.4 Å². The standard InChI is InChI=1S/C18H24N2O2S/c1-13(2)7-8-14(3)20-18(21)15-5-4-6-17(9-15)22-10-16-11-23-12-19-16/h4-6,9,11-14H,7-8,10H2,1-3H3,(H,20,21). The van der Waals surface area contributed by atoms with E-state index in [9.17, 15) is 4.79 Å². The average molecular weight is 332 g/mol. The van der Waals surface area contributed by atoms with E-state index in [2.05, 4.69) is 24.1 Å². The second kappa shape index (κ2) is 8.67. The number of benzene rings is 1. The molecule has 0 bridgehead atoms. The first kappa shape index (κ1) is 17.5. The molecule has 0 spiro atoms. The lowest BCUT2D eigenvalue weighted by molar-refractivity contribution is 0.0936. The molecule has 23 heavy (non-hydrogen) atoms. The molecular formula is C18H24N2O2S. The lowest BCUT2D eigenvalue weighted by atomic mass is 10.0. The molecule has 1 amide bonds. The van der Waals surface area contributed by atoms with E-state index in [0.29, 0.717) is 23.8 Å². The predicted octanol–water partition coefficient (Wildman–Crippen LogP) is 4.28. The van der Waals surface area contributed by atoms with Gasteiger partial charge in [-0.1, -0.05) is 19.9 Å². The molecule has 124 valence electrons. The van der Waals surface area contributed by atoms with Crippen molar-refractivity contribution in [1.82, 2.24) is 10.3 Å². The van der Waals surface area contributed by atoms with Gasteiger partial charge < -0.3 is 10.1 Å². The van der Waals surface area contributed by atoms with Gasteiger partial charge in [-0.05, 0) is 43.9 Å². The maximum atomic E-state index is 12.3. The van der Waals surface area contributed by atoms with E-state index in [1.54, 1.807) is 29.0 Å². The van der Waals surface area contributed by atoms with Crippen molar-refractivity contribution in [1.29, 1.82) is 0 Å². The monoisotopic (exact) mass is 332 g/mol. The number of nitrogens with one attached hydrogen (secondary N) is 1. The minimum atomic E-state index is -0.0552. The summed E-state index contributed by atoms with van der Waals surface area (Å²) in [5.74, 6) is 1.28. The molecule has 1 N–H and O–H groups in total. The number of aromatic nitrogens is 1. The molecule has 0 saturated heterocycles. The van der Waals surface area contributed by atoms with Crippen molar-refractivity contribution in [2.24, 2.45) is 5.92 Å². The first-order valence-corrected chi connectivity index (χ1v) is 8.89. The van der Waals surface area contributed by atoms with Gasteiger partial charge in [0.15, 0.2) is 0 Å². The molecule has 0 fully saturated rings. The molecule has 0 aliphatic heterocycles. The van der Waals surface area contributed by atoms with E-state index in [0.717, 1.165) is 18.5 Å². The predicted molar refractivity (Wildman–Crippen MR) is 93.9 cm³/mol. The SMILES string of the molecule is CC(C)CCC(C)NC(=O)c1cccc(OCc2cscn2)c1. The van der Waals surface area contributed by atoms with Gasteiger partial charge in [-0.2, -0.15) is 0 Å². The van der Waals surface area contributed by atoms with Crippen LogP contribution in [0.5, 0.6) is 5.75 Å². The minimum Gasteiger partial charge on any atom is -0.487 e. The third-order valence-corrected chi connectivity index (χ3v) is 4.16. The highest BCUT2D eigenvalue weighted by atomic mass is 32.1. The number of carbonyl (C=O) groups excluding carboxylic acids is 1. The summed E-state index contributed by atoms with van der Waals surface area (Å²) in [6.45, 7) is 6.84. The molecule has 0 saturated carbocycles. The Balaban J connectivity index is 1.89. The van der Waals surface area contributed by atoms with Crippen LogP contribution in [-0.4, -0.2) is 16.9 Å². The second-order valence-electron chi connectivity index (χ2n) is 6.14. The Morgan fingerprint density at radius 3 is 2.83 bits per heavy atom. The zero-order valence-electron chi connectivity index (χ0n) is 13.9. The normalized spacial score (nSPS) is 12.2. The molecule has 5 heteroatoms. The average Bonchev–Trinajstić information content (AvgIpc) is 3.04. The first-order chi connectivity index (χ1) is 11.0. The lowest BCUT2D eigenvalue weighted by Crippen LogP contribution is -2.32. The molecule has 1 atom stereocenters. The van der Waals surface area contributed by atoms with Crippen molar-refractivity contribution < 1.29 is 9.53 Å². The summed E-state index contributed by atoms with van der Waals surface area (Å²) in [6.07, 6.45) is 2.10. The van der Waals surface area contributed by atoms with Gasteiger partial charge in [-0.15, -0.1) is 11.3 Å². The Kier molecular flexibility index (Phi) is 6.59. The summed E-state index contributed by atoms with van der Waals surface area (Å²) in [6, 6.07) is 7.44. The van der Waals surface area contributed by atoms with Gasteiger partial charge in [0.25, 0.3) is 5.91 Å². The van der Waals surface area contributed by atoms with Crippen molar-refractivity contribution in [2.75, 3.05) is 0 Å². The molecule has 4 nitrogen and oxygen atoms in total. The molecule has 2 rings (SSSR count). The zero-order valence-corrected chi connectivity index (χ0v) is 14.7. The molecule has 1 unspecified atom stereocenters. The molecule has 0 radical (unpaired) electrons. The van der Waals surface area contributed by atoms with Crippen LogP contribution in [-0.2, 0) is 6.61 Å². The molecule has 1 aromatic heterocycles. The third kappa shape index (κ3) is 6.02. The number of rotatable bonds is 8. The summed E-state index contributed by atoms with van der Waals surface area (Å²) >= 11 is 1.54. The van der Waals surface area contributed by atoms with E-state index in [1.165, 1.54) is 0 Å². The Morgan fingerprint density at radius 1 is 1.30 bits per heavy atom. The Labute approximate surface area is 141 Å². The summed E-state index contributed by atoms with van der Waals surface area (Å²) in [7, 11) is 0. The Morgan fingerprint density at radius 2 is 2.13 bits per heavy atom. The van der Waals surface area contributed by atoms with E-state index >= 15 is 0 Å². The van der Waals surface area contributed by atoms with Crippen molar-refractivity contribution in [3.63, 3.8) is 0 Å². The van der Waals surface area contributed by atoms with Gasteiger partial charge in [0.05, 0.1) is 11.2 Å². The number of thiazole rings is 1. The van der Waals surface area contributed by atoms with Crippen LogP contribution in [0.25, 0.3) is 0 Å². The number of hydrogen-bond donors (Lipinski definition) is 1. The van der Waals surface area contributed by atoms with Crippen LogP contribution in [0.4, 0.5) is 0 Å². The fourth-order valence-electron chi connectivity index (χ4n) is 2.16. The van der Waals surface area contributed by atoms with Crippen LogP contribution < -0.4 is 10.1 Å². The van der Waals surface area contributed by atoms with E-state index in [4.69, 9.17) is 4.74 Å². The van der Waals surface area contributed by atoms with Gasteiger partial charge in [-0.25, -0.2) is 4.98 Å². The fourth-order valence-corrected chi connectivity index (χ4v) is 2.70. The van der Waals surface area contributed by atoms with Gasteiger partial charge in [0, 0.05) is 17.0 Å². The van der Waals surface area contributed by atoms with E-state index < -0.39 is 0 Å². The first-order valence-electron chi connectivity index (χ1n) is 7.95. The van der Waals surface area contributed by atoms with E-state index in [-0.39, 0.29) is 11.9 Å². The van der Waals surface area contributed by atoms with Gasteiger partial charge in [-0.3, -0.25) is 4.79 Å². The third-order valence-electron chi connectivity index (χ3n) is 3.52. The number of amides is 1. The maximum Gasteiger partial charge on any atom is 0.251 e. The van der Waals surface area contributed by atoms with Crippen LogP contribution in [0.3, 0.4) is 0 Å². The maximum absolute atomic E-state index is 12.3. The highest BCUT2D eigenvalue weighted by Gasteiger charge is 2.11. The molecule has 1 heterocycles. The van der Waals surface area contributed by atoms with Gasteiger partial charge in [0.2, 0.25) is 0 Å². The van der Waals surface area contributed by atoms with Gasteiger partial charge in [0.1, 0.15) is 12.4 Å². The smallest absolute Gasteiger partial charge is 0.251 e. The van der Waals surface area contributed by atoms with Crippen molar-refractivity contribution in [3.8, 4) is 5.75 Å². The van der Waals surface area contributed by atoms with Crippen LogP contribution in [0.1, 0.15) is 49.7 Å². The summed E-state index contributed by atoms with van der Waals surface area (Å²) < 4.78 is 5.69. The Bertz CT molecular complexity index is 611. The molecule has 0 aliphatic rings.